The van der Waals surface area contributed by atoms with Crippen LogP contribution in [0.25, 0.3) is 0 Å². The summed E-state index contributed by atoms with van der Waals surface area (Å²) in [6, 6.07) is 0. The Morgan fingerprint density at radius 1 is 0.317 bits per heavy atom. The molecule has 0 aliphatic carbocycles. The van der Waals surface area contributed by atoms with E-state index in [2.05, 4.69) is 27.7 Å². The fourth-order valence-electron chi connectivity index (χ4n) is 8.22. The van der Waals surface area contributed by atoms with Crippen LogP contribution in [0.15, 0.2) is 0 Å². The number of unbranched alkanes of at least 4 members (excludes halogenated alkanes) is 36. The van der Waals surface area contributed by atoms with Crippen LogP contribution in [0.2, 0.25) is 0 Å². The van der Waals surface area contributed by atoms with Gasteiger partial charge in [-0.3, -0.25) is 14.4 Å². The standard InChI is InChI=1S/C54H104O6/c1-5-7-9-11-13-15-17-22-26-30-33-37-41-45-52(55)58-48-51(60-54(57)47-43-39-35-29-16-14-12-10-8-6-2)49-59-53(56)46-42-38-34-31-27-24-21-19-18-20-23-25-28-32-36-40-44-50(3)4/h50-51H,5-49H2,1-4H3/t51-/m0/s1. The van der Waals surface area contributed by atoms with Crippen molar-refractivity contribution in [1.82, 2.24) is 0 Å². The first kappa shape index (κ1) is 58.4. The molecule has 0 aliphatic heterocycles. The number of ether oxygens (including phenoxy) is 3. The van der Waals surface area contributed by atoms with Crippen molar-refractivity contribution in [3.63, 3.8) is 0 Å². The lowest BCUT2D eigenvalue weighted by molar-refractivity contribution is -0.167. The van der Waals surface area contributed by atoms with Gasteiger partial charge in [-0.1, -0.05) is 265 Å². The van der Waals surface area contributed by atoms with Crippen molar-refractivity contribution in [3.8, 4) is 0 Å². The average molecular weight is 849 g/mol. The highest BCUT2D eigenvalue weighted by Crippen LogP contribution is 2.17. The Kier molecular flexibility index (Phi) is 47.2. The second kappa shape index (κ2) is 48.4. The van der Waals surface area contributed by atoms with E-state index in [-0.39, 0.29) is 31.1 Å². The van der Waals surface area contributed by atoms with Crippen LogP contribution in [0.4, 0.5) is 0 Å². The predicted molar refractivity (Wildman–Crippen MR) is 257 cm³/mol. The van der Waals surface area contributed by atoms with Crippen LogP contribution >= 0.6 is 0 Å². The lowest BCUT2D eigenvalue weighted by Gasteiger charge is -2.18. The van der Waals surface area contributed by atoms with E-state index in [1.807, 2.05) is 0 Å². The zero-order valence-electron chi connectivity index (χ0n) is 40.9. The monoisotopic (exact) mass is 849 g/mol. The Morgan fingerprint density at radius 3 is 0.817 bits per heavy atom. The van der Waals surface area contributed by atoms with Crippen molar-refractivity contribution in [3.05, 3.63) is 0 Å². The Labute approximate surface area is 374 Å². The molecule has 0 fully saturated rings. The van der Waals surface area contributed by atoms with E-state index in [1.165, 1.54) is 199 Å². The summed E-state index contributed by atoms with van der Waals surface area (Å²) in [6.07, 6.45) is 50.9. The van der Waals surface area contributed by atoms with E-state index >= 15 is 0 Å². The van der Waals surface area contributed by atoms with Crippen LogP contribution in [0.5, 0.6) is 0 Å². The van der Waals surface area contributed by atoms with E-state index < -0.39 is 6.10 Å². The summed E-state index contributed by atoms with van der Waals surface area (Å²) >= 11 is 0. The summed E-state index contributed by atoms with van der Waals surface area (Å²) < 4.78 is 16.8. The maximum absolute atomic E-state index is 12.7. The van der Waals surface area contributed by atoms with Gasteiger partial charge in [-0.25, -0.2) is 0 Å². The highest BCUT2D eigenvalue weighted by Gasteiger charge is 2.19. The van der Waals surface area contributed by atoms with Gasteiger partial charge < -0.3 is 14.2 Å². The van der Waals surface area contributed by atoms with Crippen molar-refractivity contribution in [2.45, 2.75) is 310 Å². The minimum absolute atomic E-state index is 0.0624. The molecular weight excluding hydrogens is 745 g/mol. The summed E-state index contributed by atoms with van der Waals surface area (Å²) in [5, 5.41) is 0. The molecule has 0 aromatic rings. The maximum Gasteiger partial charge on any atom is 0.306 e. The van der Waals surface area contributed by atoms with Gasteiger partial charge in [0.15, 0.2) is 6.10 Å². The first-order valence-corrected chi connectivity index (χ1v) is 26.9. The Morgan fingerprint density at radius 2 is 0.550 bits per heavy atom. The van der Waals surface area contributed by atoms with Gasteiger partial charge in [0.2, 0.25) is 0 Å². The molecule has 0 heterocycles. The van der Waals surface area contributed by atoms with Crippen molar-refractivity contribution < 1.29 is 28.6 Å². The minimum atomic E-state index is -0.760. The fourth-order valence-corrected chi connectivity index (χ4v) is 8.22. The van der Waals surface area contributed by atoms with Crippen molar-refractivity contribution in [2.24, 2.45) is 5.92 Å². The van der Waals surface area contributed by atoms with Gasteiger partial charge in [-0.2, -0.15) is 0 Å². The third-order valence-corrected chi connectivity index (χ3v) is 12.3. The van der Waals surface area contributed by atoms with Crippen LogP contribution in [0.3, 0.4) is 0 Å². The zero-order valence-corrected chi connectivity index (χ0v) is 40.9. The van der Waals surface area contributed by atoms with Crippen LogP contribution in [0.1, 0.15) is 304 Å². The van der Waals surface area contributed by atoms with E-state index in [9.17, 15) is 14.4 Å². The third kappa shape index (κ3) is 47.5. The molecule has 0 rings (SSSR count). The first-order chi connectivity index (χ1) is 29.4. The topological polar surface area (TPSA) is 78.9 Å². The Balaban J connectivity index is 4.21. The van der Waals surface area contributed by atoms with Gasteiger partial charge in [0.1, 0.15) is 13.2 Å². The number of rotatable bonds is 49. The second-order valence-electron chi connectivity index (χ2n) is 19.0. The molecule has 0 radical (unpaired) electrons. The Bertz CT molecular complexity index is 903. The Hall–Kier alpha value is -1.59. The van der Waals surface area contributed by atoms with E-state index in [0.717, 1.165) is 63.7 Å². The molecule has 0 aromatic carbocycles. The highest BCUT2D eigenvalue weighted by molar-refractivity contribution is 5.71. The number of esters is 3. The molecule has 60 heavy (non-hydrogen) atoms. The van der Waals surface area contributed by atoms with Gasteiger partial charge in [-0.15, -0.1) is 0 Å². The molecule has 0 aliphatic rings. The molecular formula is C54H104O6. The largest absolute Gasteiger partial charge is 0.462 e. The molecule has 0 bridgehead atoms. The molecule has 0 spiro atoms. The van der Waals surface area contributed by atoms with Crippen LogP contribution in [0, 0.1) is 5.92 Å². The van der Waals surface area contributed by atoms with Gasteiger partial charge >= 0.3 is 17.9 Å². The zero-order chi connectivity index (χ0) is 43.8. The molecule has 0 unspecified atom stereocenters. The molecule has 0 aromatic heterocycles. The van der Waals surface area contributed by atoms with Crippen molar-refractivity contribution in [2.75, 3.05) is 13.2 Å². The second-order valence-corrected chi connectivity index (χ2v) is 19.0. The molecule has 0 saturated carbocycles. The van der Waals surface area contributed by atoms with Crippen LogP contribution in [-0.4, -0.2) is 37.2 Å². The number of carbonyl (C=O) groups excluding carboxylic acids is 3. The lowest BCUT2D eigenvalue weighted by atomic mass is 10.0. The summed E-state index contributed by atoms with van der Waals surface area (Å²) in [5.41, 5.74) is 0. The molecule has 0 amide bonds. The van der Waals surface area contributed by atoms with E-state index in [0.29, 0.717) is 19.3 Å². The predicted octanol–water partition coefficient (Wildman–Crippen LogP) is 17.5. The highest BCUT2D eigenvalue weighted by atomic mass is 16.6. The molecule has 6 nitrogen and oxygen atoms in total. The van der Waals surface area contributed by atoms with E-state index in [1.54, 1.807) is 0 Å². The summed E-state index contributed by atoms with van der Waals surface area (Å²) in [6.45, 7) is 9.04. The van der Waals surface area contributed by atoms with E-state index in [4.69, 9.17) is 14.2 Å². The molecule has 6 heteroatoms. The minimum Gasteiger partial charge on any atom is -0.462 e. The van der Waals surface area contributed by atoms with Crippen molar-refractivity contribution >= 4 is 17.9 Å². The van der Waals surface area contributed by atoms with Crippen LogP contribution < -0.4 is 0 Å². The quantitative estimate of drug-likeness (QED) is 0.0345. The molecule has 0 N–H and O–H groups in total. The fraction of sp³-hybridized carbons (Fsp3) is 0.944. The first-order valence-electron chi connectivity index (χ1n) is 26.9. The molecule has 0 saturated heterocycles. The third-order valence-electron chi connectivity index (χ3n) is 12.3. The number of hydrogen-bond acceptors (Lipinski definition) is 6. The maximum atomic E-state index is 12.7. The van der Waals surface area contributed by atoms with Crippen LogP contribution in [-0.2, 0) is 28.6 Å². The normalized spacial score (nSPS) is 11.9. The summed E-state index contributed by atoms with van der Waals surface area (Å²) in [5.74, 6) is 0.0101. The SMILES string of the molecule is CCCCCCCCCCCCCCCC(=O)OC[C@@H](COC(=O)CCCCCCCCCCCCCCCCCCC(C)C)OC(=O)CCCCCCCCCCCC. The number of carbonyl (C=O) groups is 3. The smallest absolute Gasteiger partial charge is 0.306 e. The van der Waals surface area contributed by atoms with Gasteiger partial charge in [0.05, 0.1) is 0 Å². The van der Waals surface area contributed by atoms with Gasteiger partial charge in [-0.05, 0) is 25.2 Å². The van der Waals surface area contributed by atoms with Gasteiger partial charge in [0.25, 0.3) is 0 Å². The van der Waals surface area contributed by atoms with Crippen molar-refractivity contribution in [1.29, 1.82) is 0 Å². The van der Waals surface area contributed by atoms with Gasteiger partial charge in [0, 0.05) is 19.3 Å². The molecule has 1 atom stereocenters. The number of hydrogen-bond donors (Lipinski definition) is 0. The average Bonchev–Trinajstić information content (AvgIpc) is 3.23. The molecule has 356 valence electrons. The summed E-state index contributed by atoms with van der Waals surface area (Å²) in [4.78, 5) is 37.9. The lowest BCUT2D eigenvalue weighted by Crippen LogP contribution is -2.30. The summed E-state index contributed by atoms with van der Waals surface area (Å²) in [7, 11) is 0.